The summed E-state index contributed by atoms with van der Waals surface area (Å²) in [6, 6.07) is 3.41. The quantitative estimate of drug-likeness (QED) is 0.874. The molecule has 2 rings (SSSR count). The van der Waals surface area contributed by atoms with Crippen LogP contribution >= 0.6 is 0 Å². The third-order valence-electron chi connectivity index (χ3n) is 3.43. The van der Waals surface area contributed by atoms with Gasteiger partial charge in [0, 0.05) is 19.1 Å². The molecule has 0 radical (unpaired) electrons. The molecule has 18 heavy (non-hydrogen) atoms. The second-order valence-electron chi connectivity index (χ2n) is 4.76. The first-order valence-electron chi connectivity index (χ1n) is 5.99. The van der Waals surface area contributed by atoms with Crippen LogP contribution < -0.4 is 5.73 Å². The lowest BCUT2D eigenvalue weighted by Gasteiger charge is -2.18. The van der Waals surface area contributed by atoms with Crippen LogP contribution in [0.1, 0.15) is 23.7 Å². The third-order valence-corrected chi connectivity index (χ3v) is 3.43. The standard InChI is InChI=1S/C13H16F2N2O/c1-8(16)9-5-6-17(7-9)13(18)12-10(14)3-2-4-11(12)15/h2-4,8-9H,5-7,16H2,1H3. The van der Waals surface area contributed by atoms with Gasteiger partial charge in [-0.05, 0) is 31.4 Å². The smallest absolute Gasteiger partial charge is 0.259 e. The van der Waals surface area contributed by atoms with Gasteiger partial charge in [-0.1, -0.05) is 6.07 Å². The highest BCUT2D eigenvalue weighted by atomic mass is 19.1. The molecule has 0 bridgehead atoms. The summed E-state index contributed by atoms with van der Waals surface area (Å²) >= 11 is 0. The molecule has 3 nitrogen and oxygen atoms in total. The summed E-state index contributed by atoms with van der Waals surface area (Å²) in [6.07, 6.45) is 0.777. The number of halogens is 2. The molecule has 0 spiro atoms. The zero-order chi connectivity index (χ0) is 13.3. The zero-order valence-electron chi connectivity index (χ0n) is 10.2. The minimum Gasteiger partial charge on any atom is -0.338 e. The zero-order valence-corrected chi connectivity index (χ0v) is 10.2. The van der Waals surface area contributed by atoms with Gasteiger partial charge < -0.3 is 10.6 Å². The molecule has 0 saturated carbocycles. The summed E-state index contributed by atoms with van der Waals surface area (Å²) < 4.78 is 27.0. The molecule has 1 saturated heterocycles. The first-order valence-corrected chi connectivity index (χ1v) is 5.99. The second kappa shape index (κ2) is 5.02. The SMILES string of the molecule is CC(N)C1CCN(C(=O)c2c(F)cccc2F)C1. The van der Waals surface area contributed by atoms with Crippen LogP contribution in [0.2, 0.25) is 0 Å². The maximum Gasteiger partial charge on any atom is 0.259 e. The van der Waals surface area contributed by atoms with Crippen molar-refractivity contribution in [3.05, 3.63) is 35.4 Å². The van der Waals surface area contributed by atoms with E-state index in [1.165, 1.54) is 11.0 Å². The van der Waals surface area contributed by atoms with Crippen molar-refractivity contribution in [3.63, 3.8) is 0 Å². The average Bonchev–Trinajstić information content (AvgIpc) is 2.77. The lowest BCUT2D eigenvalue weighted by atomic mass is 10.0. The van der Waals surface area contributed by atoms with Crippen molar-refractivity contribution in [3.8, 4) is 0 Å². The number of hydrogen-bond donors (Lipinski definition) is 1. The van der Waals surface area contributed by atoms with Crippen molar-refractivity contribution in [2.24, 2.45) is 11.7 Å². The Labute approximate surface area is 105 Å². The summed E-state index contributed by atoms with van der Waals surface area (Å²) in [5.41, 5.74) is 5.30. The number of nitrogens with two attached hydrogens (primary N) is 1. The van der Waals surface area contributed by atoms with Crippen molar-refractivity contribution in [1.29, 1.82) is 0 Å². The van der Waals surface area contributed by atoms with E-state index in [1.807, 2.05) is 6.92 Å². The molecule has 0 aliphatic carbocycles. The molecule has 98 valence electrons. The Bertz CT molecular complexity index is 442. The summed E-state index contributed by atoms with van der Waals surface area (Å²) in [6.45, 7) is 2.84. The van der Waals surface area contributed by atoms with Gasteiger partial charge in [-0.15, -0.1) is 0 Å². The van der Waals surface area contributed by atoms with Crippen LogP contribution in [0, 0.1) is 17.6 Å². The second-order valence-corrected chi connectivity index (χ2v) is 4.76. The van der Waals surface area contributed by atoms with Crippen molar-refractivity contribution in [1.82, 2.24) is 4.90 Å². The fourth-order valence-electron chi connectivity index (χ4n) is 2.26. The molecular weight excluding hydrogens is 238 g/mol. The normalized spacial score (nSPS) is 21.1. The van der Waals surface area contributed by atoms with E-state index in [9.17, 15) is 13.6 Å². The molecule has 1 aliphatic rings. The van der Waals surface area contributed by atoms with Crippen LogP contribution in [0.4, 0.5) is 8.78 Å². The summed E-state index contributed by atoms with van der Waals surface area (Å²) in [4.78, 5) is 13.5. The summed E-state index contributed by atoms with van der Waals surface area (Å²) in [7, 11) is 0. The third kappa shape index (κ3) is 2.36. The molecule has 1 aromatic rings. The predicted octanol–water partition coefficient (Wildman–Crippen LogP) is 1.77. The van der Waals surface area contributed by atoms with Gasteiger partial charge in [0.25, 0.3) is 5.91 Å². The summed E-state index contributed by atoms with van der Waals surface area (Å²) in [5, 5.41) is 0. The van der Waals surface area contributed by atoms with Crippen molar-refractivity contribution >= 4 is 5.91 Å². The molecular formula is C13H16F2N2O. The topological polar surface area (TPSA) is 46.3 Å². The van der Waals surface area contributed by atoms with E-state index in [1.54, 1.807) is 0 Å². The van der Waals surface area contributed by atoms with Crippen molar-refractivity contribution in [2.45, 2.75) is 19.4 Å². The largest absolute Gasteiger partial charge is 0.338 e. The highest BCUT2D eigenvalue weighted by Gasteiger charge is 2.31. The van der Waals surface area contributed by atoms with Crippen LogP contribution in [-0.2, 0) is 0 Å². The van der Waals surface area contributed by atoms with E-state index in [0.29, 0.717) is 13.1 Å². The van der Waals surface area contributed by atoms with Gasteiger partial charge in [-0.25, -0.2) is 8.78 Å². The van der Waals surface area contributed by atoms with Gasteiger partial charge in [0.15, 0.2) is 0 Å². The van der Waals surface area contributed by atoms with Gasteiger partial charge in [-0.3, -0.25) is 4.79 Å². The van der Waals surface area contributed by atoms with Crippen LogP contribution in [0.5, 0.6) is 0 Å². The molecule has 1 amide bonds. The number of amides is 1. The lowest BCUT2D eigenvalue weighted by molar-refractivity contribution is 0.0776. The van der Waals surface area contributed by atoms with E-state index in [4.69, 9.17) is 5.73 Å². The minimum atomic E-state index is -0.816. The number of hydrogen-bond acceptors (Lipinski definition) is 2. The van der Waals surface area contributed by atoms with Gasteiger partial charge in [-0.2, -0.15) is 0 Å². The Morgan fingerprint density at radius 3 is 2.56 bits per heavy atom. The fourth-order valence-corrected chi connectivity index (χ4v) is 2.26. The number of rotatable bonds is 2. The molecule has 0 aromatic heterocycles. The molecule has 2 atom stereocenters. The predicted molar refractivity (Wildman–Crippen MR) is 64.0 cm³/mol. The molecule has 1 aromatic carbocycles. The van der Waals surface area contributed by atoms with E-state index >= 15 is 0 Å². The van der Waals surface area contributed by atoms with E-state index < -0.39 is 23.1 Å². The lowest BCUT2D eigenvalue weighted by Crippen LogP contribution is -2.33. The Morgan fingerprint density at radius 2 is 2.06 bits per heavy atom. The Hall–Kier alpha value is -1.49. The van der Waals surface area contributed by atoms with Crippen LogP contribution in [0.25, 0.3) is 0 Å². The molecule has 5 heteroatoms. The Kier molecular flexibility index (Phi) is 3.61. The van der Waals surface area contributed by atoms with Gasteiger partial charge in [0.2, 0.25) is 0 Å². The average molecular weight is 254 g/mol. The van der Waals surface area contributed by atoms with Crippen LogP contribution in [-0.4, -0.2) is 29.9 Å². The molecule has 1 fully saturated rings. The van der Waals surface area contributed by atoms with Gasteiger partial charge in [0.1, 0.15) is 17.2 Å². The highest BCUT2D eigenvalue weighted by molar-refractivity contribution is 5.95. The molecule has 2 N–H and O–H groups in total. The fraction of sp³-hybridized carbons (Fsp3) is 0.462. The van der Waals surface area contributed by atoms with E-state index in [-0.39, 0.29) is 12.0 Å². The van der Waals surface area contributed by atoms with Gasteiger partial charge in [0.05, 0.1) is 0 Å². The maximum atomic E-state index is 13.5. The first kappa shape index (κ1) is 13.0. The minimum absolute atomic E-state index is 0.0201. The van der Waals surface area contributed by atoms with Crippen LogP contribution in [0.3, 0.4) is 0 Å². The number of likely N-dealkylation sites (tertiary alicyclic amines) is 1. The number of carbonyl (C=O) groups is 1. The maximum absolute atomic E-state index is 13.5. The summed E-state index contributed by atoms with van der Waals surface area (Å²) in [5.74, 6) is -2.02. The Balaban J connectivity index is 2.18. The molecule has 1 heterocycles. The number of nitrogens with zero attached hydrogens (tertiary/aromatic N) is 1. The van der Waals surface area contributed by atoms with Crippen molar-refractivity contribution in [2.75, 3.05) is 13.1 Å². The first-order chi connectivity index (χ1) is 8.50. The number of carbonyl (C=O) groups excluding carboxylic acids is 1. The van der Waals surface area contributed by atoms with E-state index in [0.717, 1.165) is 18.6 Å². The molecule has 2 unspecified atom stereocenters. The monoisotopic (exact) mass is 254 g/mol. The molecule has 1 aliphatic heterocycles. The Morgan fingerprint density at radius 1 is 1.44 bits per heavy atom. The van der Waals surface area contributed by atoms with E-state index in [2.05, 4.69) is 0 Å². The highest BCUT2D eigenvalue weighted by Crippen LogP contribution is 2.22. The van der Waals surface area contributed by atoms with Gasteiger partial charge >= 0.3 is 0 Å². The number of benzene rings is 1. The van der Waals surface area contributed by atoms with Crippen molar-refractivity contribution < 1.29 is 13.6 Å². The van der Waals surface area contributed by atoms with Crippen LogP contribution in [0.15, 0.2) is 18.2 Å².